The number of amides is 1. The molecule has 0 bridgehead atoms. The first-order valence-electron chi connectivity index (χ1n) is 13.5. The van der Waals surface area contributed by atoms with Crippen LogP contribution in [0.15, 0.2) is 30.3 Å². The summed E-state index contributed by atoms with van der Waals surface area (Å²) < 4.78 is 20.6. The lowest BCUT2D eigenvalue weighted by Crippen LogP contribution is -2.38. The molecule has 39 heavy (non-hydrogen) atoms. The van der Waals surface area contributed by atoms with Crippen molar-refractivity contribution >= 4 is 39.3 Å². The van der Waals surface area contributed by atoms with E-state index in [2.05, 4.69) is 47.3 Å². The number of nitrogens with zero attached hydrogens (tertiary/aromatic N) is 5. The second kappa shape index (κ2) is 10.9. The number of thiazole rings is 1. The van der Waals surface area contributed by atoms with Gasteiger partial charge in [0.15, 0.2) is 5.79 Å². The molecule has 1 saturated carbocycles. The number of carbonyl (C=O) groups excluding carboxylic acids is 1. The molecule has 212 valence electrons. The number of rotatable bonds is 9. The van der Waals surface area contributed by atoms with E-state index in [1.165, 1.54) is 0 Å². The molecule has 0 unspecified atom stereocenters. The van der Waals surface area contributed by atoms with E-state index in [4.69, 9.17) is 14.2 Å². The maximum atomic E-state index is 12.1. The number of hydrogen-bond donors (Lipinski definition) is 2. The van der Waals surface area contributed by atoms with Gasteiger partial charge in [-0.3, -0.25) is 4.98 Å². The van der Waals surface area contributed by atoms with Crippen molar-refractivity contribution in [2.75, 3.05) is 36.9 Å². The number of ether oxygens (including phenoxy) is 3. The van der Waals surface area contributed by atoms with E-state index >= 15 is 0 Å². The first-order chi connectivity index (χ1) is 18.5. The number of alkyl carbamates (subject to hydrolysis) is 1. The van der Waals surface area contributed by atoms with Crippen molar-refractivity contribution in [2.24, 2.45) is 5.92 Å². The number of anilines is 2. The fourth-order valence-corrected chi connectivity index (χ4v) is 6.33. The molecule has 2 N–H and O–H groups in total. The van der Waals surface area contributed by atoms with E-state index < -0.39 is 17.5 Å². The molecule has 3 aromatic rings. The molecule has 2 aliphatic rings. The highest BCUT2D eigenvalue weighted by Crippen LogP contribution is 2.48. The number of fused-ring (bicyclic) bond motifs is 2. The number of hydrogen-bond acceptors (Lipinski definition) is 10. The molecule has 2 fully saturated rings. The largest absolute Gasteiger partial charge is 0.444 e. The number of carbonyl (C=O) groups is 1. The maximum Gasteiger partial charge on any atom is 0.407 e. The minimum atomic E-state index is -0.660. The molecule has 1 saturated heterocycles. The summed E-state index contributed by atoms with van der Waals surface area (Å²) in [6.45, 7) is 11.6. The number of aromatic nitrogens is 4. The predicted molar refractivity (Wildman–Crippen MR) is 151 cm³/mol. The smallest absolute Gasteiger partial charge is 0.407 e. The van der Waals surface area contributed by atoms with Crippen LogP contribution in [0.2, 0.25) is 0 Å². The summed E-state index contributed by atoms with van der Waals surface area (Å²) >= 11 is 1.62. The van der Waals surface area contributed by atoms with Crippen LogP contribution >= 0.6 is 11.3 Å². The summed E-state index contributed by atoms with van der Waals surface area (Å²) in [5.74, 6) is 0.378. The van der Waals surface area contributed by atoms with Gasteiger partial charge in [-0.1, -0.05) is 0 Å². The van der Waals surface area contributed by atoms with Gasteiger partial charge >= 0.3 is 6.09 Å². The van der Waals surface area contributed by atoms with Crippen LogP contribution in [0.5, 0.6) is 0 Å². The Morgan fingerprint density at radius 1 is 1.28 bits per heavy atom. The van der Waals surface area contributed by atoms with Gasteiger partial charge in [0.05, 0.1) is 29.2 Å². The van der Waals surface area contributed by atoms with Crippen LogP contribution in [-0.2, 0) is 14.2 Å². The van der Waals surface area contributed by atoms with Gasteiger partial charge < -0.3 is 34.3 Å². The van der Waals surface area contributed by atoms with E-state index in [1.54, 1.807) is 17.7 Å². The first kappa shape index (κ1) is 27.6. The second-order valence-electron chi connectivity index (χ2n) is 11.6. The first-order valence-corrected chi connectivity index (χ1v) is 14.4. The van der Waals surface area contributed by atoms with Crippen molar-refractivity contribution in [2.45, 2.75) is 77.1 Å². The molecule has 4 atom stereocenters. The summed E-state index contributed by atoms with van der Waals surface area (Å²) in [4.78, 5) is 27.7. The maximum absolute atomic E-state index is 12.1. The molecule has 12 heteroatoms. The molecule has 1 aliphatic carbocycles. The number of nitrogens with one attached hydrogen (secondary N) is 2. The average molecular weight is 558 g/mol. The van der Waals surface area contributed by atoms with E-state index in [9.17, 15) is 4.79 Å². The third-order valence-corrected chi connectivity index (χ3v) is 7.95. The van der Waals surface area contributed by atoms with Crippen molar-refractivity contribution < 1.29 is 19.0 Å². The summed E-state index contributed by atoms with van der Waals surface area (Å²) in [6.07, 6.45) is 6.71. The highest BCUT2D eigenvalue weighted by Gasteiger charge is 2.55. The Hall–Kier alpha value is -2.96. The van der Waals surface area contributed by atoms with Gasteiger partial charge in [-0.15, -0.1) is 11.3 Å². The lowest BCUT2D eigenvalue weighted by atomic mass is 10.0. The zero-order valence-electron chi connectivity index (χ0n) is 23.5. The average Bonchev–Trinajstić information content (AvgIpc) is 3.64. The fraction of sp³-hybridized carbons (Fsp3) is 0.630. The molecule has 3 aromatic heterocycles. The van der Waals surface area contributed by atoms with Crippen LogP contribution in [-0.4, -0.2) is 75.9 Å². The van der Waals surface area contributed by atoms with Gasteiger partial charge in [-0.25, -0.2) is 14.8 Å². The molecule has 1 aliphatic heterocycles. The molecule has 0 spiro atoms. The Morgan fingerprint density at radius 3 is 2.79 bits per heavy atom. The fourth-order valence-electron chi connectivity index (χ4n) is 5.66. The summed E-state index contributed by atoms with van der Waals surface area (Å²) in [6, 6.07) is 2.14. The van der Waals surface area contributed by atoms with Crippen LogP contribution < -0.4 is 15.5 Å². The van der Waals surface area contributed by atoms with E-state index in [0.717, 1.165) is 47.8 Å². The van der Waals surface area contributed by atoms with Crippen LogP contribution in [0.3, 0.4) is 0 Å². The Kier molecular flexibility index (Phi) is 7.71. The van der Waals surface area contributed by atoms with E-state index in [0.29, 0.717) is 6.54 Å². The Balaban J connectivity index is 1.32. The molecule has 11 nitrogen and oxygen atoms in total. The van der Waals surface area contributed by atoms with Crippen molar-refractivity contribution in [3.63, 3.8) is 0 Å². The van der Waals surface area contributed by atoms with Gasteiger partial charge in [0.25, 0.3) is 0 Å². The Labute approximate surface area is 233 Å². The van der Waals surface area contributed by atoms with Gasteiger partial charge in [0, 0.05) is 38.8 Å². The minimum absolute atomic E-state index is 0.0524. The standard InChI is InChI=1S/C27H39N7O4S/c1-26(2,3)38-25(35)30-9-7-10-33(20-13-29-16-39-20)14-17-12-19(22-21(17)36-27(4,5)37-22)34-11-8-18-23(28-6)31-15-32-24(18)34/h8,11,13,15-17,19,21-22H,7,9-10,12,14H2,1-6H3,(H,30,35)(H,28,31,32)/t17-,19-,21-,22+/m1/s1. The van der Waals surface area contributed by atoms with Gasteiger partial charge in [-0.05, 0) is 53.5 Å². The summed E-state index contributed by atoms with van der Waals surface area (Å²) in [5, 5.41) is 8.12. The highest BCUT2D eigenvalue weighted by atomic mass is 32.1. The quantitative estimate of drug-likeness (QED) is 0.369. The lowest BCUT2D eigenvalue weighted by Gasteiger charge is -2.29. The Morgan fingerprint density at radius 2 is 2.08 bits per heavy atom. The topological polar surface area (TPSA) is 116 Å². The second-order valence-corrected chi connectivity index (χ2v) is 12.5. The van der Waals surface area contributed by atoms with E-state index in [1.807, 2.05) is 53.4 Å². The van der Waals surface area contributed by atoms with Gasteiger partial charge in [0.2, 0.25) is 0 Å². The zero-order chi connectivity index (χ0) is 27.8. The molecule has 5 rings (SSSR count). The molecule has 0 radical (unpaired) electrons. The van der Waals surface area contributed by atoms with Crippen molar-refractivity contribution in [3.8, 4) is 0 Å². The van der Waals surface area contributed by atoms with Gasteiger partial charge in [0.1, 0.15) is 34.5 Å². The van der Waals surface area contributed by atoms with Crippen molar-refractivity contribution in [1.82, 2.24) is 24.8 Å². The Bertz CT molecular complexity index is 1270. The molecular weight excluding hydrogens is 518 g/mol. The highest BCUT2D eigenvalue weighted by molar-refractivity contribution is 7.13. The summed E-state index contributed by atoms with van der Waals surface area (Å²) in [7, 11) is 1.87. The normalized spacial score (nSPS) is 24.1. The lowest BCUT2D eigenvalue weighted by molar-refractivity contribution is -0.159. The third-order valence-electron chi connectivity index (χ3n) is 7.11. The summed E-state index contributed by atoms with van der Waals surface area (Å²) in [5.41, 5.74) is 2.22. The van der Waals surface area contributed by atoms with Crippen molar-refractivity contribution in [3.05, 3.63) is 30.3 Å². The third kappa shape index (κ3) is 6.12. The van der Waals surface area contributed by atoms with Crippen LogP contribution in [0, 0.1) is 5.92 Å². The van der Waals surface area contributed by atoms with E-state index in [-0.39, 0.29) is 24.2 Å². The molecular formula is C27H39N7O4S. The minimum Gasteiger partial charge on any atom is -0.444 e. The van der Waals surface area contributed by atoms with Crippen molar-refractivity contribution in [1.29, 1.82) is 0 Å². The SMILES string of the molecule is CNc1ncnc2c1ccn2[C@@H]1C[C@H](CN(CCCNC(=O)OC(C)(C)C)c2cncs2)[C@H]2OC(C)(C)O[C@H]21. The monoisotopic (exact) mass is 557 g/mol. The van der Waals surface area contributed by atoms with Gasteiger partial charge in [-0.2, -0.15) is 0 Å². The zero-order valence-corrected chi connectivity index (χ0v) is 24.3. The molecule has 1 amide bonds. The van der Waals surface area contributed by atoms with Crippen LogP contribution in [0.1, 0.15) is 53.5 Å². The van der Waals surface area contributed by atoms with Crippen LogP contribution in [0.4, 0.5) is 15.6 Å². The van der Waals surface area contributed by atoms with Crippen LogP contribution in [0.25, 0.3) is 11.0 Å². The molecule has 4 heterocycles. The predicted octanol–water partition coefficient (Wildman–Crippen LogP) is 4.43. The molecule has 0 aromatic carbocycles.